The summed E-state index contributed by atoms with van der Waals surface area (Å²) in [6.07, 6.45) is 5.33. The molecule has 3 rings (SSSR count). The van der Waals surface area contributed by atoms with E-state index in [-0.39, 0.29) is 36.2 Å². The molecular weight excluding hydrogens is 316 g/mol. The Hall–Kier alpha value is -1.14. The van der Waals surface area contributed by atoms with Gasteiger partial charge in [0.05, 0.1) is 0 Å². The first kappa shape index (κ1) is 18.2. The number of nitrogens with zero attached hydrogens (tertiary/aromatic N) is 2. The van der Waals surface area contributed by atoms with Gasteiger partial charge in [-0.2, -0.15) is 4.98 Å². The molecule has 1 amide bonds. The van der Waals surface area contributed by atoms with Gasteiger partial charge in [-0.15, -0.1) is 12.4 Å². The van der Waals surface area contributed by atoms with Crippen LogP contribution in [-0.2, 0) is 4.79 Å². The number of hydrogen-bond donors (Lipinski definition) is 2. The highest BCUT2D eigenvalue weighted by molar-refractivity contribution is 5.85. The molecule has 2 fully saturated rings. The highest BCUT2D eigenvalue weighted by atomic mass is 35.5. The van der Waals surface area contributed by atoms with Gasteiger partial charge in [-0.3, -0.25) is 4.79 Å². The molecule has 0 aromatic carbocycles. The molecule has 2 aliphatic carbocycles. The lowest BCUT2D eigenvalue weighted by atomic mass is 9.94. The fourth-order valence-electron chi connectivity index (χ4n) is 3.32. The number of nitrogens with one attached hydrogen (secondary N) is 1. The maximum atomic E-state index is 12.6. The van der Waals surface area contributed by atoms with Crippen LogP contribution >= 0.6 is 12.4 Å². The third kappa shape index (κ3) is 4.04. The van der Waals surface area contributed by atoms with Gasteiger partial charge in [0.2, 0.25) is 11.8 Å². The zero-order valence-corrected chi connectivity index (χ0v) is 14.6. The van der Waals surface area contributed by atoms with E-state index >= 15 is 0 Å². The highest BCUT2D eigenvalue weighted by Gasteiger charge is 2.35. The Balaban J connectivity index is 0.00000192. The van der Waals surface area contributed by atoms with Gasteiger partial charge in [0.15, 0.2) is 5.82 Å². The lowest BCUT2D eigenvalue weighted by Crippen LogP contribution is -2.39. The Morgan fingerprint density at radius 2 is 2.09 bits per heavy atom. The van der Waals surface area contributed by atoms with Crippen molar-refractivity contribution in [2.75, 3.05) is 6.54 Å². The van der Waals surface area contributed by atoms with Crippen LogP contribution in [0.15, 0.2) is 4.52 Å². The van der Waals surface area contributed by atoms with Gasteiger partial charge in [0.1, 0.15) is 6.04 Å². The van der Waals surface area contributed by atoms with E-state index in [1.807, 2.05) is 0 Å². The summed E-state index contributed by atoms with van der Waals surface area (Å²) in [5.74, 6) is 2.39. The van der Waals surface area contributed by atoms with E-state index in [0.29, 0.717) is 24.3 Å². The number of nitrogens with two attached hydrogens (primary N) is 1. The number of amides is 1. The molecule has 0 spiro atoms. The van der Waals surface area contributed by atoms with Gasteiger partial charge in [-0.1, -0.05) is 25.4 Å². The van der Waals surface area contributed by atoms with E-state index < -0.39 is 0 Å². The molecule has 2 aliphatic rings. The quantitative estimate of drug-likeness (QED) is 0.828. The molecule has 1 heterocycles. The van der Waals surface area contributed by atoms with Crippen LogP contribution in [0.4, 0.5) is 0 Å². The molecule has 0 saturated heterocycles. The Morgan fingerprint density at radius 3 is 2.70 bits per heavy atom. The SMILES string of the molecule is CC(C)C(NC(=O)[C@@H]1CCC[C@@H]1CN)c1nc(C2CC2)no1.Cl. The molecule has 0 bridgehead atoms. The smallest absolute Gasteiger partial charge is 0.249 e. The molecule has 2 saturated carbocycles. The average molecular weight is 343 g/mol. The summed E-state index contributed by atoms with van der Waals surface area (Å²) >= 11 is 0. The van der Waals surface area contributed by atoms with Crippen LogP contribution in [0.5, 0.6) is 0 Å². The van der Waals surface area contributed by atoms with Crippen molar-refractivity contribution in [3.05, 3.63) is 11.7 Å². The van der Waals surface area contributed by atoms with Crippen molar-refractivity contribution >= 4 is 18.3 Å². The molecule has 3 N–H and O–H groups in total. The largest absolute Gasteiger partial charge is 0.344 e. The number of halogens is 1. The Labute approximate surface area is 143 Å². The first-order valence-electron chi connectivity index (χ1n) is 8.44. The van der Waals surface area contributed by atoms with Crippen LogP contribution in [-0.4, -0.2) is 22.6 Å². The van der Waals surface area contributed by atoms with Crippen molar-refractivity contribution in [1.29, 1.82) is 0 Å². The van der Waals surface area contributed by atoms with E-state index in [1.165, 1.54) is 0 Å². The number of rotatable bonds is 6. The second-order valence-corrected chi connectivity index (χ2v) is 7.03. The molecule has 1 aromatic rings. The van der Waals surface area contributed by atoms with E-state index in [1.54, 1.807) is 0 Å². The number of aromatic nitrogens is 2. The van der Waals surface area contributed by atoms with Gasteiger partial charge in [-0.05, 0) is 44.1 Å². The third-order valence-corrected chi connectivity index (χ3v) is 4.93. The van der Waals surface area contributed by atoms with Crippen LogP contribution in [0.3, 0.4) is 0 Å². The molecule has 6 nitrogen and oxygen atoms in total. The summed E-state index contributed by atoms with van der Waals surface area (Å²) in [4.78, 5) is 17.1. The monoisotopic (exact) mass is 342 g/mol. The molecule has 1 aromatic heterocycles. The number of carbonyl (C=O) groups is 1. The average Bonchev–Trinajstić information content (AvgIpc) is 3.04. The molecule has 23 heavy (non-hydrogen) atoms. The summed E-state index contributed by atoms with van der Waals surface area (Å²) in [5, 5.41) is 7.18. The van der Waals surface area contributed by atoms with Crippen LogP contribution in [0.2, 0.25) is 0 Å². The van der Waals surface area contributed by atoms with E-state index in [2.05, 4.69) is 29.3 Å². The Kier molecular flexibility index (Phi) is 6.03. The fourth-order valence-corrected chi connectivity index (χ4v) is 3.32. The summed E-state index contributed by atoms with van der Waals surface area (Å²) in [6, 6.07) is -0.216. The summed E-state index contributed by atoms with van der Waals surface area (Å²) in [7, 11) is 0. The van der Waals surface area contributed by atoms with Crippen molar-refractivity contribution in [3.8, 4) is 0 Å². The first-order chi connectivity index (χ1) is 10.6. The lowest BCUT2D eigenvalue weighted by Gasteiger charge is -2.23. The zero-order chi connectivity index (χ0) is 15.7. The second kappa shape index (κ2) is 7.62. The highest BCUT2D eigenvalue weighted by Crippen LogP contribution is 2.39. The van der Waals surface area contributed by atoms with Crippen LogP contribution in [0.25, 0.3) is 0 Å². The van der Waals surface area contributed by atoms with Gasteiger partial charge < -0.3 is 15.6 Å². The third-order valence-electron chi connectivity index (χ3n) is 4.93. The molecule has 0 radical (unpaired) electrons. The van der Waals surface area contributed by atoms with Gasteiger partial charge in [0.25, 0.3) is 0 Å². The van der Waals surface area contributed by atoms with Gasteiger partial charge >= 0.3 is 0 Å². The maximum Gasteiger partial charge on any atom is 0.249 e. The molecule has 130 valence electrons. The van der Waals surface area contributed by atoms with Gasteiger partial charge in [0, 0.05) is 11.8 Å². The molecule has 1 unspecified atom stereocenters. The predicted molar refractivity (Wildman–Crippen MR) is 89.1 cm³/mol. The van der Waals surface area contributed by atoms with E-state index in [9.17, 15) is 4.79 Å². The van der Waals surface area contributed by atoms with Gasteiger partial charge in [-0.25, -0.2) is 0 Å². The minimum Gasteiger partial charge on any atom is -0.344 e. The Morgan fingerprint density at radius 1 is 1.35 bits per heavy atom. The minimum atomic E-state index is -0.216. The Bertz CT molecular complexity index is 530. The van der Waals surface area contributed by atoms with Crippen molar-refractivity contribution in [3.63, 3.8) is 0 Å². The normalized spacial score (nSPS) is 25.2. The van der Waals surface area contributed by atoms with Crippen LogP contribution < -0.4 is 11.1 Å². The minimum absolute atomic E-state index is 0. The second-order valence-electron chi connectivity index (χ2n) is 7.03. The number of carbonyl (C=O) groups excluding carboxylic acids is 1. The number of hydrogen-bond acceptors (Lipinski definition) is 5. The molecule has 7 heteroatoms. The fraction of sp³-hybridized carbons (Fsp3) is 0.812. The van der Waals surface area contributed by atoms with Crippen molar-refractivity contribution in [1.82, 2.24) is 15.5 Å². The summed E-state index contributed by atoms with van der Waals surface area (Å²) in [6.45, 7) is 4.69. The van der Waals surface area contributed by atoms with Crippen LogP contribution in [0.1, 0.15) is 69.6 Å². The topological polar surface area (TPSA) is 94.0 Å². The summed E-state index contributed by atoms with van der Waals surface area (Å²) < 4.78 is 5.41. The van der Waals surface area contributed by atoms with Crippen molar-refractivity contribution in [2.24, 2.45) is 23.5 Å². The van der Waals surface area contributed by atoms with Crippen LogP contribution in [0, 0.1) is 17.8 Å². The lowest BCUT2D eigenvalue weighted by molar-refractivity contribution is -0.127. The predicted octanol–water partition coefficient (Wildman–Crippen LogP) is 2.56. The van der Waals surface area contributed by atoms with E-state index in [0.717, 1.165) is 37.9 Å². The summed E-state index contributed by atoms with van der Waals surface area (Å²) in [5.41, 5.74) is 5.79. The van der Waals surface area contributed by atoms with Crippen molar-refractivity contribution in [2.45, 2.75) is 57.9 Å². The molecular formula is C16H27ClN4O2. The first-order valence-corrected chi connectivity index (χ1v) is 8.44. The molecule has 3 atom stereocenters. The maximum absolute atomic E-state index is 12.6. The standard InChI is InChI=1S/C16H26N4O2.ClH/c1-9(2)13(16-19-14(20-22-16)10-6-7-10)18-15(21)12-5-3-4-11(12)8-17;/h9-13H,3-8,17H2,1-2H3,(H,18,21);1H/t11-,12-,13?;/m1./s1. The van der Waals surface area contributed by atoms with E-state index in [4.69, 9.17) is 10.3 Å². The van der Waals surface area contributed by atoms with Crippen molar-refractivity contribution < 1.29 is 9.32 Å². The molecule has 0 aliphatic heterocycles. The zero-order valence-electron chi connectivity index (χ0n) is 13.8.